The van der Waals surface area contributed by atoms with Crippen LogP contribution in [0.2, 0.25) is 0 Å². The van der Waals surface area contributed by atoms with Crippen LogP contribution in [0.3, 0.4) is 0 Å². The van der Waals surface area contributed by atoms with Gasteiger partial charge in [-0.15, -0.1) is 0 Å². The van der Waals surface area contributed by atoms with Crippen molar-refractivity contribution in [3.05, 3.63) is 0 Å². The van der Waals surface area contributed by atoms with Crippen LogP contribution in [-0.4, -0.2) is 18.2 Å². The minimum Gasteiger partial charge on any atom is -0.356 e. The molecule has 0 bridgehead atoms. The molecule has 104 valence electrons. The molecule has 1 aliphatic carbocycles. The molecular weight excluding hydrogens is 226 g/mol. The van der Waals surface area contributed by atoms with Gasteiger partial charge >= 0.3 is 0 Å². The second kappa shape index (κ2) is 5.41. The maximum atomic E-state index is 11.3. The quantitative estimate of drug-likeness (QED) is 0.837. The fourth-order valence-corrected chi connectivity index (χ4v) is 3.87. The molecule has 1 amide bonds. The normalized spacial score (nSPS) is 30.8. The van der Waals surface area contributed by atoms with Crippen LogP contribution in [0, 0.1) is 16.7 Å². The molecule has 0 aliphatic heterocycles. The number of amides is 1. The highest BCUT2D eigenvalue weighted by Gasteiger charge is 2.41. The second-order valence-electron chi connectivity index (χ2n) is 7.24. The third-order valence-electron chi connectivity index (χ3n) is 3.87. The van der Waals surface area contributed by atoms with Crippen molar-refractivity contribution in [1.82, 2.24) is 5.32 Å². The molecule has 18 heavy (non-hydrogen) atoms. The van der Waals surface area contributed by atoms with Crippen LogP contribution in [0.1, 0.15) is 60.3 Å². The van der Waals surface area contributed by atoms with Crippen molar-refractivity contribution in [2.24, 2.45) is 16.7 Å². The molecule has 1 fully saturated rings. The SMILES string of the molecule is CC(=O)CC1CC(C)(C)CC(C)(CNC(C)=O)C1. The Hall–Kier alpha value is -0.860. The van der Waals surface area contributed by atoms with E-state index < -0.39 is 0 Å². The number of hydrogen-bond acceptors (Lipinski definition) is 2. The monoisotopic (exact) mass is 253 g/mol. The van der Waals surface area contributed by atoms with Gasteiger partial charge in [-0.2, -0.15) is 0 Å². The molecule has 0 spiro atoms. The third-order valence-corrected chi connectivity index (χ3v) is 3.87. The largest absolute Gasteiger partial charge is 0.356 e. The van der Waals surface area contributed by atoms with Crippen molar-refractivity contribution in [3.8, 4) is 0 Å². The minimum atomic E-state index is 0.0303. The number of rotatable bonds is 4. The number of nitrogens with one attached hydrogen (secondary N) is 1. The molecule has 1 rings (SSSR count). The van der Waals surface area contributed by atoms with E-state index >= 15 is 0 Å². The van der Waals surface area contributed by atoms with Gasteiger partial charge in [0.2, 0.25) is 5.91 Å². The molecular formula is C15H27NO2. The van der Waals surface area contributed by atoms with Gasteiger partial charge in [0.25, 0.3) is 0 Å². The van der Waals surface area contributed by atoms with Gasteiger partial charge in [-0.25, -0.2) is 0 Å². The molecule has 0 saturated heterocycles. The Labute approximate surface area is 111 Å². The Kier molecular flexibility index (Phi) is 4.57. The molecule has 1 saturated carbocycles. The van der Waals surface area contributed by atoms with Crippen LogP contribution in [-0.2, 0) is 9.59 Å². The molecule has 3 nitrogen and oxygen atoms in total. The lowest BCUT2D eigenvalue weighted by atomic mass is 9.60. The summed E-state index contributed by atoms with van der Waals surface area (Å²) in [6.07, 6.45) is 3.94. The summed E-state index contributed by atoms with van der Waals surface area (Å²) < 4.78 is 0. The third kappa shape index (κ3) is 4.79. The zero-order valence-corrected chi connectivity index (χ0v) is 12.4. The Morgan fingerprint density at radius 3 is 2.28 bits per heavy atom. The topological polar surface area (TPSA) is 46.2 Å². The standard InChI is InChI=1S/C15H27NO2/c1-11(17)6-13-7-14(3,4)9-15(5,8-13)10-16-12(2)18/h13H,6-10H2,1-5H3,(H,16,18). The van der Waals surface area contributed by atoms with E-state index in [0.29, 0.717) is 12.3 Å². The van der Waals surface area contributed by atoms with Gasteiger partial charge in [-0.3, -0.25) is 4.79 Å². The lowest BCUT2D eigenvalue weighted by molar-refractivity contribution is -0.121. The summed E-state index contributed by atoms with van der Waals surface area (Å²) in [7, 11) is 0. The highest BCUT2D eigenvalue weighted by molar-refractivity contribution is 5.75. The maximum absolute atomic E-state index is 11.3. The van der Waals surface area contributed by atoms with Crippen molar-refractivity contribution in [3.63, 3.8) is 0 Å². The van der Waals surface area contributed by atoms with Crippen LogP contribution in [0.25, 0.3) is 0 Å². The van der Waals surface area contributed by atoms with Crippen molar-refractivity contribution in [2.75, 3.05) is 6.54 Å². The zero-order chi connectivity index (χ0) is 14.0. The fourth-order valence-electron chi connectivity index (χ4n) is 3.87. The van der Waals surface area contributed by atoms with Crippen LogP contribution in [0.5, 0.6) is 0 Å². The lowest BCUT2D eigenvalue weighted by Crippen LogP contribution is -2.43. The van der Waals surface area contributed by atoms with E-state index in [1.54, 1.807) is 13.8 Å². The Morgan fingerprint density at radius 2 is 1.78 bits per heavy atom. The molecule has 0 aromatic rings. The molecule has 0 aromatic heterocycles. The van der Waals surface area contributed by atoms with Crippen LogP contribution >= 0.6 is 0 Å². The highest BCUT2D eigenvalue weighted by Crippen LogP contribution is 2.49. The average Bonchev–Trinajstić information content (AvgIpc) is 2.10. The number of ketones is 1. The first kappa shape index (κ1) is 15.2. The van der Waals surface area contributed by atoms with E-state index in [2.05, 4.69) is 26.1 Å². The summed E-state index contributed by atoms with van der Waals surface area (Å²) in [4.78, 5) is 22.4. The predicted molar refractivity (Wildman–Crippen MR) is 73.2 cm³/mol. The molecule has 3 heteroatoms. The minimum absolute atomic E-state index is 0.0303. The van der Waals surface area contributed by atoms with E-state index in [0.717, 1.165) is 25.8 Å². The molecule has 2 unspecified atom stereocenters. The number of carbonyl (C=O) groups excluding carboxylic acids is 2. The van der Waals surface area contributed by atoms with E-state index in [1.165, 1.54) is 0 Å². The van der Waals surface area contributed by atoms with Crippen LogP contribution in [0.15, 0.2) is 0 Å². The molecule has 1 N–H and O–H groups in total. The summed E-state index contributed by atoms with van der Waals surface area (Å²) in [5.41, 5.74) is 0.374. The van der Waals surface area contributed by atoms with Crippen molar-refractivity contribution < 1.29 is 9.59 Å². The maximum Gasteiger partial charge on any atom is 0.216 e. The first-order valence-corrected chi connectivity index (χ1v) is 6.86. The zero-order valence-electron chi connectivity index (χ0n) is 12.4. The first-order chi connectivity index (χ1) is 8.12. The van der Waals surface area contributed by atoms with Crippen molar-refractivity contribution >= 4 is 11.7 Å². The van der Waals surface area contributed by atoms with Crippen molar-refractivity contribution in [2.45, 2.75) is 60.3 Å². The Morgan fingerprint density at radius 1 is 1.17 bits per heavy atom. The Balaban J connectivity index is 2.72. The summed E-state index contributed by atoms with van der Waals surface area (Å²) in [6, 6.07) is 0. The van der Waals surface area contributed by atoms with Gasteiger partial charge in [0.05, 0.1) is 0 Å². The Bertz CT molecular complexity index is 335. The van der Waals surface area contributed by atoms with Gasteiger partial charge in [-0.1, -0.05) is 20.8 Å². The number of carbonyl (C=O) groups is 2. The fraction of sp³-hybridized carbons (Fsp3) is 0.867. The van der Waals surface area contributed by atoms with E-state index in [4.69, 9.17) is 0 Å². The molecule has 0 aromatic carbocycles. The van der Waals surface area contributed by atoms with Crippen molar-refractivity contribution in [1.29, 1.82) is 0 Å². The second-order valence-corrected chi connectivity index (χ2v) is 7.24. The van der Waals surface area contributed by atoms with Gasteiger partial charge < -0.3 is 10.1 Å². The number of Topliss-reactive ketones (excluding diaryl/α,β-unsaturated/α-hetero) is 1. The molecule has 0 radical (unpaired) electrons. The summed E-state index contributed by atoms with van der Waals surface area (Å²) in [5.74, 6) is 0.771. The van der Waals surface area contributed by atoms with E-state index in [1.807, 2.05) is 0 Å². The highest BCUT2D eigenvalue weighted by atomic mass is 16.1. The summed E-state index contributed by atoms with van der Waals surface area (Å²) in [5, 5.41) is 2.94. The average molecular weight is 253 g/mol. The molecule has 0 heterocycles. The van der Waals surface area contributed by atoms with E-state index in [9.17, 15) is 9.59 Å². The van der Waals surface area contributed by atoms with Gasteiger partial charge in [0.15, 0.2) is 0 Å². The number of hydrogen-bond donors (Lipinski definition) is 1. The lowest BCUT2D eigenvalue weighted by Gasteiger charge is -2.46. The van der Waals surface area contributed by atoms with Crippen LogP contribution < -0.4 is 5.32 Å². The summed E-state index contributed by atoms with van der Waals surface area (Å²) >= 11 is 0. The van der Waals surface area contributed by atoms with Gasteiger partial charge in [-0.05, 0) is 42.9 Å². The van der Waals surface area contributed by atoms with E-state index in [-0.39, 0.29) is 22.5 Å². The molecule has 1 aliphatic rings. The van der Waals surface area contributed by atoms with Gasteiger partial charge in [0.1, 0.15) is 5.78 Å². The predicted octanol–water partition coefficient (Wildman–Crippen LogP) is 2.93. The summed E-state index contributed by atoms with van der Waals surface area (Å²) in [6.45, 7) is 10.7. The molecule has 2 atom stereocenters. The first-order valence-electron chi connectivity index (χ1n) is 6.86. The smallest absolute Gasteiger partial charge is 0.216 e. The van der Waals surface area contributed by atoms with Gasteiger partial charge in [0, 0.05) is 19.9 Å². The van der Waals surface area contributed by atoms with Crippen LogP contribution in [0.4, 0.5) is 0 Å².